The molecule has 2 heteroatoms. The van der Waals surface area contributed by atoms with E-state index >= 15 is 0 Å². The van der Waals surface area contributed by atoms with Crippen molar-refractivity contribution in [2.75, 3.05) is 7.11 Å². The van der Waals surface area contributed by atoms with Crippen molar-refractivity contribution in [1.82, 2.24) is 0 Å². The normalized spacial score (nSPS) is 33.3. The summed E-state index contributed by atoms with van der Waals surface area (Å²) < 4.78 is 4.78. The van der Waals surface area contributed by atoms with Gasteiger partial charge < -0.3 is 4.74 Å². The molecule has 0 unspecified atom stereocenters. The number of ether oxygens (including phenoxy) is 1. The molecule has 0 bridgehead atoms. The number of carbonyl (C=O) groups is 1. The highest BCUT2D eigenvalue weighted by atomic mass is 16.5. The van der Waals surface area contributed by atoms with Crippen LogP contribution < -0.4 is 0 Å². The lowest BCUT2D eigenvalue weighted by atomic mass is 9.76. The smallest absolute Gasteiger partial charge is 0.309 e. The van der Waals surface area contributed by atoms with Crippen LogP contribution in [-0.4, -0.2) is 13.1 Å². The number of rotatable bonds is 1. The Morgan fingerprint density at radius 2 is 2.00 bits per heavy atom. The summed E-state index contributed by atoms with van der Waals surface area (Å²) in [5.74, 6) is 0.698. The molecule has 2 nitrogen and oxygen atoms in total. The van der Waals surface area contributed by atoms with Gasteiger partial charge in [-0.2, -0.15) is 0 Å². The summed E-state index contributed by atoms with van der Waals surface area (Å²) in [6, 6.07) is 0. The van der Waals surface area contributed by atoms with Crippen LogP contribution in [0.25, 0.3) is 0 Å². The van der Waals surface area contributed by atoms with Gasteiger partial charge in [-0.3, -0.25) is 4.79 Å². The van der Waals surface area contributed by atoms with Crippen LogP contribution in [0.1, 0.15) is 33.6 Å². The second-order valence-corrected chi connectivity index (χ2v) is 4.38. The maximum Gasteiger partial charge on any atom is 0.309 e. The van der Waals surface area contributed by atoms with E-state index in [0.29, 0.717) is 5.92 Å². The quantitative estimate of drug-likeness (QED) is 0.564. The lowest BCUT2D eigenvalue weighted by Gasteiger charge is -2.29. The Morgan fingerprint density at radius 1 is 1.42 bits per heavy atom. The number of carbonyl (C=O) groups excluding carboxylic acids is 1. The largest absolute Gasteiger partial charge is 0.469 e. The van der Waals surface area contributed by atoms with Crippen LogP contribution in [0.3, 0.4) is 0 Å². The molecule has 1 fully saturated rings. The molecule has 0 aromatic rings. The van der Waals surface area contributed by atoms with Crippen molar-refractivity contribution in [3.8, 4) is 0 Å². The van der Waals surface area contributed by atoms with Crippen LogP contribution in [0.15, 0.2) is 0 Å². The fourth-order valence-corrected chi connectivity index (χ4v) is 2.07. The van der Waals surface area contributed by atoms with Crippen LogP contribution in [0.4, 0.5) is 0 Å². The minimum Gasteiger partial charge on any atom is -0.469 e. The van der Waals surface area contributed by atoms with E-state index < -0.39 is 0 Å². The van der Waals surface area contributed by atoms with E-state index in [4.69, 9.17) is 4.74 Å². The topological polar surface area (TPSA) is 26.3 Å². The Bertz CT molecular complexity index is 184. The van der Waals surface area contributed by atoms with Crippen molar-refractivity contribution in [3.05, 3.63) is 0 Å². The molecule has 0 saturated heterocycles. The van der Waals surface area contributed by atoms with E-state index in [9.17, 15) is 4.79 Å². The van der Waals surface area contributed by atoms with Crippen molar-refractivity contribution in [2.24, 2.45) is 17.3 Å². The first-order valence-electron chi connectivity index (χ1n) is 4.58. The Labute approximate surface area is 74.3 Å². The summed E-state index contributed by atoms with van der Waals surface area (Å²) in [6.07, 6.45) is 2.13. The Hall–Kier alpha value is -0.530. The molecular formula is C10H18O2. The highest BCUT2D eigenvalue weighted by molar-refractivity contribution is 5.73. The minimum absolute atomic E-state index is 0.0376. The van der Waals surface area contributed by atoms with E-state index in [1.54, 1.807) is 0 Å². The maximum absolute atomic E-state index is 11.4. The van der Waals surface area contributed by atoms with Crippen molar-refractivity contribution >= 4 is 5.97 Å². The average molecular weight is 170 g/mol. The second-order valence-electron chi connectivity index (χ2n) is 4.38. The van der Waals surface area contributed by atoms with Gasteiger partial charge in [-0.15, -0.1) is 0 Å². The molecule has 0 aliphatic heterocycles. The molecule has 0 spiro atoms. The molecular weight excluding hydrogens is 152 g/mol. The first-order chi connectivity index (χ1) is 5.50. The summed E-state index contributed by atoms with van der Waals surface area (Å²) in [7, 11) is 1.47. The van der Waals surface area contributed by atoms with E-state index in [1.165, 1.54) is 7.11 Å². The van der Waals surface area contributed by atoms with E-state index in [0.717, 1.165) is 12.8 Å². The zero-order chi connectivity index (χ0) is 9.35. The molecule has 0 N–H and O–H groups in total. The van der Waals surface area contributed by atoms with Crippen molar-refractivity contribution < 1.29 is 9.53 Å². The van der Waals surface area contributed by atoms with Gasteiger partial charge in [-0.1, -0.05) is 20.8 Å². The highest BCUT2D eigenvalue weighted by Crippen LogP contribution is 2.47. The van der Waals surface area contributed by atoms with Crippen LogP contribution in [0.2, 0.25) is 0 Å². The van der Waals surface area contributed by atoms with Gasteiger partial charge in [0.15, 0.2) is 0 Å². The van der Waals surface area contributed by atoms with Gasteiger partial charge in [-0.25, -0.2) is 0 Å². The molecule has 0 aromatic carbocycles. The third-order valence-corrected chi connectivity index (χ3v) is 3.54. The predicted molar refractivity (Wildman–Crippen MR) is 47.7 cm³/mol. The number of hydrogen-bond acceptors (Lipinski definition) is 2. The number of methoxy groups -OCH3 is 1. The molecule has 0 amide bonds. The number of hydrogen-bond donors (Lipinski definition) is 0. The van der Waals surface area contributed by atoms with Crippen LogP contribution in [0, 0.1) is 17.3 Å². The van der Waals surface area contributed by atoms with Crippen LogP contribution in [-0.2, 0) is 9.53 Å². The Morgan fingerprint density at radius 3 is 2.33 bits per heavy atom. The maximum atomic E-state index is 11.4. The van der Waals surface area contributed by atoms with E-state index in [1.807, 2.05) is 0 Å². The molecule has 2 atom stereocenters. The molecule has 1 aliphatic rings. The monoisotopic (exact) mass is 170 g/mol. The third-order valence-electron chi connectivity index (χ3n) is 3.54. The average Bonchev–Trinajstić information content (AvgIpc) is 2.27. The van der Waals surface area contributed by atoms with Crippen LogP contribution >= 0.6 is 0 Å². The fraction of sp³-hybridized carbons (Fsp3) is 0.900. The molecule has 1 aliphatic carbocycles. The second kappa shape index (κ2) is 3.08. The summed E-state index contributed by atoms with van der Waals surface area (Å²) in [6.45, 7) is 6.53. The molecule has 0 aromatic heterocycles. The zero-order valence-electron chi connectivity index (χ0n) is 8.39. The van der Waals surface area contributed by atoms with Gasteiger partial charge >= 0.3 is 5.97 Å². The van der Waals surface area contributed by atoms with Crippen molar-refractivity contribution in [1.29, 1.82) is 0 Å². The third kappa shape index (κ3) is 1.35. The highest BCUT2D eigenvalue weighted by Gasteiger charge is 2.44. The molecule has 12 heavy (non-hydrogen) atoms. The van der Waals surface area contributed by atoms with E-state index in [-0.39, 0.29) is 17.3 Å². The summed E-state index contributed by atoms with van der Waals surface area (Å²) >= 11 is 0. The summed E-state index contributed by atoms with van der Waals surface area (Å²) in [5.41, 5.74) is 0.118. The predicted octanol–water partition coefficient (Wildman–Crippen LogP) is 2.23. The first-order valence-corrected chi connectivity index (χ1v) is 4.58. The lowest BCUT2D eigenvalue weighted by Crippen LogP contribution is -2.30. The number of esters is 1. The van der Waals surface area contributed by atoms with Gasteiger partial charge in [0, 0.05) is 0 Å². The molecule has 0 radical (unpaired) electrons. The van der Waals surface area contributed by atoms with Gasteiger partial charge in [0.1, 0.15) is 0 Å². The zero-order valence-corrected chi connectivity index (χ0v) is 8.39. The summed E-state index contributed by atoms with van der Waals surface area (Å²) in [5, 5.41) is 0. The van der Waals surface area contributed by atoms with Gasteiger partial charge in [-0.05, 0) is 24.2 Å². The SMILES string of the molecule is COC(=O)[C@H]1CC[C@H](C)C1(C)C. The molecule has 1 rings (SSSR count). The molecule has 0 heterocycles. The lowest BCUT2D eigenvalue weighted by molar-refractivity contribution is -0.149. The van der Waals surface area contributed by atoms with Gasteiger partial charge in [0.2, 0.25) is 0 Å². The minimum atomic E-state index is -0.0376. The van der Waals surface area contributed by atoms with E-state index in [2.05, 4.69) is 20.8 Å². The van der Waals surface area contributed by atoms with Crippen molar-refractivity contribution in [2.45, 2.75) is 33.6 Å². The van der Waals surface area contributed by atoms with Crippen molar-refractivity contribution in [3.63, 3.8) is 0 Å². The Balaban J connectivity index is 2.74. The van der Waals surface area contributed by atoms with Gasteiger partial charge in [0.05, 0.1) is 13.0 Å². The first kappa shape index (κ1) is 9.56. The summed E-state index contributed by atoms with van der Waals surface area (Å²) in [4.78, 5) is 11.4. The van der Waals surface area contributed by atoms with Crippen LogP contribution in [0.5, 0.6) is 0 Å². The fourth-order valence-electron chi connectivity index (χ4n) is 2.07. The molecule has 70 valence electrons. The van der Waals surface area contributed by atoms with Gasteiger partial charge in [0.25, 0.3) is 0 Å². The Kier molecular flexibility index (Phi) is 2.45. The molecule has 1 saturated carbocycles. The standard InChI is InChI=1S/C10H18O2/c1-7-5-6-8(9(11)12-4)10(7,2)3/h7-8H,5-6H2,1-4H3/t7-,8+/m0/s1.